The second-order valence-electron chi connectivity index (χ2n) is 8.39. The van der Waals surface area contributed by atoms with E-state index in [4.69, 9.17) is 18.9 Å². The van der Waals surface area contributed by atoms with Crippen molar-refractivity contribution in [3.8, 4) is 17.4 Å². The number of rotatable bonds is 7. The smallest absolute Gasteiger partial charge is 0.414 e. The highest BCUT2D eigenvalue weighted by molar-refractivity contribution is 5.90. The molecule has 0 radical (unpaired) electrons. The molecule has 186 valence electrons. The van der Waals surface area contributed by atoms with Crippen LogP contribution in [0, 0.1) is 0 Å². The molecule has 0 aliphatic carbocycles. The van der Waals surface area contributed by atoms with E-state index in [1.165, 1.54) is 6.92 Å². The maximum absolute atomic E-state index is 12.6. The standard InChI is InChI=1S/C26H26N4O6/c1-17(31)29(11-3-4-18-9-10-27-21-6-8-24(33-2)28-25(18)21)15-20-16-30(26(32)36-20)19-5-7-22-23(14-19)35-13-12-34-22/h3-10,14,20H,11-13,15-16H2,1-2H3. The Bertz CT molecular complexity index is 1330. The number of benzene rings is 1. The minimum absolute atomic E-state index is 0.118. The SMILES string of the molecule is COc1ccc2nccc(C=CCN(CC3CN(c4ccc5c(c4)OCCO5)C(=O)O3)C(C)=O)c2n1. The fourth-order valence-electron chi connectivity index (χ4n) is 4.19. The fourth-order valence-corrected chi connectivity index (χ4v) is 4.19. The summed E-state index contributed by atoms with van der Waals surface area (Å²) < 4.78 is 22.0. The van der Waals surface area contributed by atoms with E-state index >= 15 is 0 Å². The van der Waals surface area contributed by atoms with Crippen LogP contribution >= 0.6 is 0 Å². The molecule has 1 unspecified atom stereocenters. The zero-order valence-electron chi connectivity index (χ0n) is 20.0. The number of nitrogens with zero attached hydrogens (tertiary/aromatic N) is 4. The molecule has 2 aromatic heterocycles. The predicted molar refractivity (Wildman–Crippen MR) is 132 cm³/mol. The normalized spacial score (nSPS) is 16.9. The summed E-state index contributed by atoms with van der Waals surface area (Å²) in [6, 6.07) is 10.8. The molecule has 10 nitrogen and oxygen atoms in total. The second kappa shape index (κ2) is 10.1. The van der Waals surface area contributed by atoms with E-state index in [0.29, 0.717) is 54.9 Å². The van der Waals surface area contributed by atoms with E-state index in [-0.39, 0.29) is 12.5 Å². The number of cyclic esters (lactones) is 1. The van der Waals surface area contributed by atoms with E-state index in [2.05, 4.69) is 9.97 Å². The molecule has 0 saturated carbocycles. The molecule has 2 amide bonds. The van der Waals surface area contributed by atoms with E-state index < -0.39 is 12.2 Å². The van der Waals surface area contributed by atoms with E-state index in [9.17, 15) is 9.59 Å². The molecule has 4 heterocycles. The van der Waals surface area contributed by atoms with Crippen molar-refractivity contribution in [3.63, 3.8) is 0 Å². The highest BCUT2D eigenvalue weighted by Crippen LogP contribution is 2.35. The molecule has 0 N–H and O–H groups in total. The Morgan fingerprint density at radius 2 is 2.03 bits per heavy atom. The number of carbonyl (C=O) groups excluding carboxylic acids is 2. The molecule has 1 aromatic carbocycles. The Morgan fingerprint density at radius 3 is 2.83 bits per heavy atom. The van der Waals surface area contributed by atoms with Gasteiger partial charge in [-0.3, -0.25) is 14.7 Å². The van der Waals surface area contributed by atoms with Crippen molar-refractivity contribution < 1.29 is 28.5 Å². The largest absolute Gasteiger partial charge is 0.486 e. The van der Waals surface area contributed by atoms with Crippen LogP contribution < -0.4 is 19.1 Å². The minimum Gasteiger partial charge on any atom is -0.486 e. The molecule has 1 fully saturated rings. The first-order chi connectivity index (χ1) is 17.5. The van der Waals surface area contributed by atoms with Crippen LogP contribution in [0.2, 0.25) is 0 Å². The molecule has 36 heavy (non-hydrogen) atoms. The van der Waals surface area contributed by atoms with Gasteiger partial charge in [-0.2, -0.15) is 0 Å². The van der Waals surface area contributed by atoms with Crippen molar-refractivity contribution in [3.05, 3.63) is 54.2 Å². The van der Waals surface area contributed by atoms with Crippen LogP contribution in [-0.4, -0.2) is 72.9 Å². The van der Waals surface area contributed by atoms with E-state index in [1.54, 1.807) is 47.4 Å². The number of ether oxygens (including phenoxy) is 4. The van der Waals surface area contributed by atoms with Crippen molar-refractivity contribution in [1.29, 1.82) is 0 Å². The molecule has 5 rings (SSSR count). The van der Waals surface area contributed by atoms with Crippen LogP contribution in [0.5, 0.6) is 17.4 Å². The molecule has 2 aliphatic rings. The third-order valence-electron chi connectivity index (χ3n) is 6.00. The molecule has 3 aromatic rings. The summed E-state index contributed by atoms with van der Waals surface area (Å²) >= 11 is 0. The molecule has 10 heteroatoms. The van der Waals surface area contributed by atoms with E-state index in [0.717, 1.165) is 11.1 Å². The number of fused-ring (bicyclic) bond motifs is 2. The van der Waals surface area contributed by atoms with Crippen molar-refractivity contribution in [1.82, 2.24) is 14.9 Å². The third-order valence-corrected chi connectivity index (χ3v) is 6.00. The van der Waals surface area contributed by atoms with Crippen LogP contribution in [0.3, 0.4) is 0 Å². The lowest BCUT2D eigenvalue weighted by Crippen LogP contribution is -2.38. The number of methoxy groups -OCH3 is 1. The van der Waals surface area contributed by atoms with Gasteiger partial charge in [0.1, 0.15) is 19.3 Å². The van der Waals surface area contributed by atoms with Crippen molar-refractivity contribution in [2.45, 2.75) is 13.0 Å². The lowest BCUT2D eigenvalue weighted by Gasteiger charge is -2.22. The average molecular weight is 491 g/mol. The maximum Gasteiger partial charge on any atom is 0.414 e. The molecule has 0 spiro atoms. The van der Waals surface area contributed by atoms with Gasteiger partial charge in [0.25, 0.3) is 0 Å². The number of aromatic nitrogens is 2. The van der Waals surface area contributed by atoms with Crippen LogP contribution in [-0.2, 0) is 9.53 Å². The summed E-state index contributed by atoms with van der Waals surface area (Å²) in [5.41, 5.74) is 2.98. The first-order valence-electron chi connectivity index (χ1n) is 11.6. The van der Waals surface area contributed by atoms with Gasteiger partial charge in [0, 0.05) is 37.4 Å². The Labute approximate surface area is 208 Å². The predicted octanol–water partition coefficient (Wildman–Crippen LogP) is 3.30. The number of hydrogen-bond donors (Lipinski definition) is 0. The Balaban J connectivity index is 1.25. The third kappa shape index (κ3) is 4.88. The summed E-state index contributed by atoms with van der Waals surface area (Å²) in [5, 5.41) is 0. The number of hydrogen-bond acceptors (Lipinski definition) is 8. The zero-order valence-corrected chi connectivity index (χ0v) is 20.0. The summed E-state index contributed by atoms with van der Waals surface area (Å²) in [5.74, 6) is 1.63. The molecular formula is C26H26N4O6. The summed E-state index contributed by atoms with van der Waals surface area (Å²) in [4.78, 5) is 36.9. The van der Waals surface area contributed by atoms with Crippen LogP contribution in [0.1, 0.15) is 12.5 Å². The molecule has 1 atom stereocenters. The van der Waals surface area contributed by atoms with Crippen LogP contribution in [0.25, 0.3) is 17.1 Å². The van der Waals surface area contributed by atoms with Gasteiger partial charge < -0.3 is 23.8 Å². The first-order valence-corrected chi connectivity index (χ1v) is 11.6. The van der Waals surface area contributed by atoms with Gasteiger partial charge in [-0.15, -0.1) is 0 Å². The van der Waals surface area contributed by atoms with Gasteiger partial charge in [-0.25, -0.2) is 9.78 Å². The second-order valence-corrected chi connectivity index (χ2v) is 8.39. The number of carbonyl (C=O) groups is 2. The summed E-state index contributed by atoms with van der Waals surface area (Å²) in [6.07, 6.45) is 4.57. The fraction of sp³-hybridized carbons (Fsp3) is 0.308. The van der Waals surface area contributed by atoms with Gasteiger partial charge in [0.2, 0.25) is 11.8 Å². The topological polar surface area (TPSA) is 103 Å². The number of amides is 2. The summed E-state index contributed by atoms with van der Waals surface area (Å²) in [7, 11) is 1.57. The van der Waals surface area contributed by atoms with Crippen LogP contribution in [0.15, 0.2) is 48.7 Å². The first kappa shape index (κ1) is 23.4. The minimum atomic E-state index is -0.462. The van der Waals surface area contributed by atoms with Crippen molar-refractivity contribution in [2.75, 3.05) is 44.9 Å². The van der Waals surface area contributed by atoms with Crippen molar-refractivity contribution >= 4 is 34.8 Å². The van der Waals surface area contributed by atoms with E-state index in [1.807, 2.05) is 24.3 Å². The highest BCUT2D eigenvalue weighted by Gasteiger charge is 2.34. The van der Waals surface area contributed by atoms with Gasteiger partial charge in [0.05, 0.1) is 36.9 Å². The number of pyridine rings is 2. The summed E-state index contributed by atoms with van der Waals surface area (Å²) in [6.45, 7) is 3.40. The number of anilines is 1. The molecule has 2 aliphatic heterocycles. The molecule has 1 saturated heterocycles. The molecular weight excluding hydrogens is 464 g/mol. The monoisotopic (exact) mass is 490 g/mol. The maximum atomic E-state index is 12.6. The molecule has 0 bridgehead atoms. The van der Waals surface area contributed by atoms with Gasteiger partial charge in [-0.1, -0.05) is 12.2 Å². The zero-order chi connectivity index (χ0) is 25.1. The van der Waals surface area contributed by atoms with Crippen LogP contribution in [0.4, 0.5) is 10.5 Å². The Morgan fingerprint density at radius 1 is 1.19 bits per heavy atom. The average Bonchev–Trinajstić information content (AvgIpc) is 3.27. The lowest BCUT2D eigenvalue weighted by atomic mass is 10.2. The van der Waals surface area contributed by atoms with Gasteiger partial charge >= 0.3 is 6.09 Å². The Kier molecular flexibility index (Phi) is 6.57. The van der Waals surface area contributed by atoms with Gasteiger partial charge in [-0.05, 0) is 24.3 Å². The van der Waals surface area contributed by atoms with Crippen molar-refractivity contribution in [2.24, 2.45) is 0 Å². The quantitative estimate of drug-likeness (QED) is 0.497. The Hall–Kier alpha value is -4.34. The lowest BCUT2D eigenvalue weighted by molar-refractivity contribution is -0.129. The highest BCUT2D eigenvalue weighted by atomic mass is 16.6. The van der Waals surface area contributed by atoms with Gasteiger partial charge in [0.15, 0.2) is 11.5 Å².